The number of nitrogens with zero attached hydrogens (tertiary/aromatic N) is 3. The van der Waals surface area contributed by atoms with E-state index >= 15 is 0 Å². The zero-order valence-electron chi connectivity index (χ0n) is 15.9. The molecule has 0 saturated heterocycles. The number of para-hydroxylation sites is 1. The quantitative estimate of drug-likeness (QED) is 0.375. The van der Waals surface area contributed by atoms with Gasteiger partial charge in [0.1, 0.15) is 5.82 Å². The molecule has 1 aromatic heterocycles. The Morgan fingerprint density at radius 2 is 2.00 bits per heavy atom. The Hall–Kier alpha value is -2.38. The minimum absolute atomic E-state index is 0.229. The average Bonchev–Trinajstić information content (AvgIpc) is 2.87. The van der Waals surface area contributed by atoms with E-state index in [1.165, 1.54) is 17.8 Å². The highest BCUT2D eigenvalue weighted by Crippen LogP contribution is 2.41. The fraction of sp³-hybridized carbons (Fsp3) is 0.286. The summed E-state index contributed by atoms with van der Waals surface area (Å²) in [6.45, 7) is 2.16. The van der Waals surface area contributed by atoms with Crippen LogP contribution in [0.4, 0.5) is 10.1 Å². The number of unbranched alkanes of at least 4 members (excludes halogenated alkanes) is 2. The van der Waals surface area contributed by atoms with Crippen molar-refractivity contribution in [3.05, 3.63) is 58.9 Å². The summed E-state index contributed by atoms with van der Waals surface area (Å²) in [6, 6.07) is 12.1. The molecule has 1 aliphatic heterocycles. The van der Waals surface area contributed by atoms with E-state index in [1.807, 2.05) is 24.3 Å². The van der Waals surface area contributed by atoms with E-state index < -0.39 is 12.0 Å². The summed E-state index contributed by atoms with van der Waals surface area (Å²) in [5, 5.41) is 12.7. The normalized spacial score (nSPS) is 14.9. The third kappa shape index (κ3) is 4.31. The summed E-state index contributed by atoms with van der Waals surface area (Å²) >= 11 is 7.83. The molecule has 3 aromatic rings. The average molecular weight is 431 g/mol. The van der Waals surface area contributed by atoms with Gasteiger partial charge in [-0.3, -0.25) is 0 Å². The fourth-order valence-corrected chi connectivity index (χ4v) is 4.15. The van der Waals surface area contributed by atoms with Gasteiger partial charge in [-0.1, -0.05) is 67.4 Å². The van der Waals surface area contributed by atoms with Crippen molar-refractivity contribution in [3.8, 4) is 17.1 Å². The van der Waals surface area contributed by atoms with E-state index in [1.54, 1.807) is 12.1 Å². The molecule has 29 heavy (non-hydrogen) atoms. The highest BCUT2D eigenvalue weighted by molar-refractivity contribution is 7.99. The SMILES string of the molecule is CCCCCSc1nnc2c(n1)OC(c1c(F)cccc1Cl)Nc1ccccc1-2. The van der Waals surface area contributed by atoms with E-state index in [9.17, 15) is 4.39 Å². The molecule has 0 radical (unpaired) electrons. The lowest BCUT2D eigenvalue weighted by atomic mass is 10.1. The summed E-state index contributed by atoms with van der Waals surface area (Å²) in [4.78, 5) is 4.57. The smallest absolute Gasteiger partial charge is 0.247 e. The minimum Gasteiger partial charge on any atom is -0.448 e. The molecule has 5 nitrogen and oxygen atoms in total. The Morgan fingerprint density at radius 1 is 1.14 bits per heavy atom. The Morgan fingerprint density at radius 3 is 2.83 bits per heavy atom. The van der Waals surface area contributed by atoms with E-state index in [4.69, 9.17) is 16.3 Å². The number of benzene rings is 2. The molecular weight excluding hydrogens is 411 g/mol. The molecule has 1 atom stereocenters. The monoisotopic (exact) mass is 430 g/mol. The van der Waals surface area contributed by atoms with E-state index in [0.717, 1.165) is 36.3 Å². The Kier molecular flexibility index (Phi) is 6.16. The molecule has 4 rings (SSSR count). The van der Waals surface area contributed by atoms with Gasteiger partial charge < -0.3 is 10.1 Å². The number of fused-ring (bicyclic) bond motifs is 3. The lowest BCUT2D eigenvalue weighted by molar-refractivity contribution is 0.220. The predicted molar refractivity (Wildman–Crippen MR) is 114 cm³/mol. The first kappa shape index (κ1) is 19.9. The number of anilines is 1. The van der Waals surface area contributed by atoms with Crippen LogP contribution in [0.15, 0.2) is 47.6 Å². The number of halogens is 2. The van der Waals surface area contributed by atoms with Crippen molar-refractivity contribution in [2.75, 3.05) is 11.1 Å². The summed E-state index contributed by atoms with van der Waals surface area (Å²) in [5.74, 6) is 0.762. The van der Waals surface area contributed by atoms with Crippen molar-refractivity contribution < 1.29 is 9.13 Å². The number of nitrogens with one attached hydrogen (secondary N) is 1. The molecule has 1 aliphatic rings. The maximum atomic E-state index is 14.6. The molecule has 0 fully saturated rings. The van der Waals surface area contributed by atoms with Gasteiger partial charge in [0.05, 0.1) is 10.6 Å². The van der Waals surface area contributed by atoms with E-state index in [2.05, 4.69) is 27.4 Å². The van der Waals surface area contributed by atoms with Crippen molar-refractivity contribution in [3.63, 3.8) is 0 Å². The van der Waals surface area contributed by atoms with Crippen molar-refractivity contribution in [1.29, 1.82) is 0 Å². The van der Waals surface area contributed by atoms with Crippen LogP contribution in [-0.2, 0) is 0 Å². The van der Waals surface area contributed by atoms with Gasteiger partial charge in [-0.25, -0.2) is 4.39 Å². The van der Waals surface area contributed by atoms with Crippen LogP contribution in [0.3, 0.4) is 0 Å². The summed E-state index contributed by atoms with van der Waals surface area (Å²) in [6.07, 6.45) is 2.55. The highest BCUT2D eigenvalue weighted by atomic mass is 35.5. The Bertz CT molecular complexity index is 999. The minimum atomic E-state index is -0.847. The predicted octanol–water partition coefficient (Wildman–Crippen LogP) is 6.12. The number of ether oxygens (including phenoxy) is 1. The molecule has 0 saturated carbocycles. The van der Waals surface area contributed by atoms with Gasteiger partial charge in [0.25, 0.3) is 0 Å². The van der Waals surface area contributed by atoms with Crippen LogP contribution in [0.25, 0.3) is 11.3 Å². The molecule has 0 spiro atoms. The zero-order chi connectivity index (χ0) is 20.2. The molecule has 0 amide bonds. The first-order valence-electron chi connectivity index (χ1n) is 9.51. The van der Waals surface area contributed by atoms with Crippen molar-refractivity contribution in [2.24, 2.45) is 0 Å². The number of hydrogen-bond donors (Lipinski definition) is 1. The zero-order valence-corrected chi connectivity index (χ0v) is 17.4. The third-order valence-corrected chi connectivity index (χ3v) is 5.83. The molecule has 1 N–H and O–H groups in total. The van der Waals surface area contributed by atoms with Gasteiger partial charge in [-0.2, -0.15) is 4.98 Å². The van der Waals surface area contributed by atoms with Crippen LogP contribution in [0, 0.1) is 5.82 Å². The molecule has 0 bridgehead atoms. The third-order valence-electron chi connectivity index (χ3n) is 4.57. The first-order valence-corrected chi connectivity index (χ1v) is 10.9. The lowest BCUT2D eigenvalue weighted by Gasteiger charge is -2.20. The van der Waals surface area contributed by atoms with Crippen molar-refractivity contribution in [2.45, 2.75) is 37.6 Å². The van der Waals surface area contributed by atoms with Crippen molar-refractivity contribution >= 4 is 29.1 Å². The van der Waals surface area contributed by atoms with Gasteiger partial charge in [0, 0.05) is 17.0 Å². The molecule has 8 heteroatoms. The van der Waals surface area contributed by atoms with E-state index in [-0.39, 0.29) is 10.6 Å². The fourth-order valence-electron chi connectivity index (χ4n) is 3.12. The second kappa shape index (κ2) is 8.97. The molecule has 150 valence electrons. The molecule has 0 aliphatic carbocycles. The number of hydrogen-bond acceptors (Lipinski definition) is 6. The van der Waals surface area contributed by atoms with Crippen LogP contribution < -0.4 is 10.1 Å². The Labute approximate surface area is 178 Å². The number of rotatable bonds is 6. The molecule has 2 aromatic carbocycles. The second-order valence-electron chi connectivity index (χ2n) is 6.63. The molecule has 1 unspecified atom stereocenters. The van der Waals surface area contributed by atoms with Crippen LogP contribution in [0.1, 0.15) is 38.0 Å². The van der Waals surface area contributed by atoms with Crippen LogP contribution in [0.2, 0.25) is 5.02 Å². The summed E-state index contributed by atoms with van der Waals surface area (Å²) in [5.41, 5.74) is 2.28. The van der Waals surface area contributed by atoms with E-state index in [0.29, 0.717) is 16.7 Å². The standard InChI is InChI=1S/C21H20ClFN4OS/c1-2-3-6-12-29-21-25-20-18(26-27-21)13-8-4-5-11-16(13)24-19(28-20)17-14(22)9-7-10-15(17)23/h4-5,7-11,19,24H,2-3,6,12H2,1H3. The van der Waals surface area contributed by atoms with Crippen molar-refractivity contribution in [1.82, 2.24) is 15.2 Å². The summed E-state index contributed by atoms with van der Waals surface area (Å²) in [7, 11) is 0. The summed E-state index contributed by atoms with van der Waals surface area (Å²) < 4.78 is 20.7. The number of aromatic nitrogens is 3. The largest absolute Gasteiger partial charge is 0.448 e. The topological polar surface area (TPSA) is 59.9 Å². The van der Waals surface area contributed by atoms with Gasteiger partial charge >= 0.3 is 0 Å². The van der Waals surface area contributed by atoms with Gasteiger partial charge in [-0.15, -0.1) is 10.2 Å². The second-order valence-corrected chi connectivity index (χ2v) is 8.10. The number of thioether (sulfide) groups is 1. The molecular formula is C21H20ClFN4OS. The van der Waals surface area contributed by atoms with Gasteiger partial charge in [0.15, 0.2) is 5.69 Å². The van der Waals surface area contributed by atoms with Crippen LogP contribution >= 0.6 is 23.4 Å². The van der Waals surface area contributed by atoms with Crippen LogP contribution in [0.5, 0.6) is 5.88 Å². The lowest BCUT2D eigenvalue weighted by Crippen LogP contribution is -2.19. The van der Waals surface area contributed by atoms with Gasteiger partial charge in [0.2, 0.25) is 17.3 Å². The highest BCUT2D eigenvalue weighted by Gasteiger charge is 2.29. The first-order chi connectivity index (χ1) is 14.2. The molecule has 2 heterocycles. The van der Waals surface area contributed by atoms with Crippen LogP contribution in [-0.4, -0.2) is 20.9 Å². The maximum Gasteiger partial charge on any atom is 0.247 e. The Balaban J connectivity index is 1.73. The van der Waals surface area contributed by atoms with Gasteiger partial charge in [-0.05, 0) is 24.6 Å². The maximum absolute atomic E-state index is 14.6.